The van der Waals surface area contributed by atoms with Crippen molar-refractivity contribution in [2.24, 2.45) is 0 Å². The van der Waals surface area contributed by atoms with Crippen LogP contribution in [0, 0.1) is 12.3 Å². The number of halogens is 1. The molecule has 2 rings (SSSR count). The predicted octanol–water partition coefficient (Wildman–Crippen LogP) is 3.00. The van der Waals surface area contributed by atoms with Crippen LogP contribution in [0.5, 0.6) is 0 Å². The first-order chi connectivity index (χ1) is 8.63. The average molecular weight is 323 g/mol. The zero-order valence-corrected chi connectivity index (χ0v) is 11.9. The minimum absolute atomic E-state index is 0.167. The summed E-state index contributed by atoms with van der Waals surface area (Å²) in [5, 5.41) is 3.65. The lowest BCUT2D eigenvalue weighted by molar-refractivity contribution is 0.0959. The SMILES string of the molecule is C#CCCNC(=O)c1sc2ccc(Br)cc2c1N. The van der Waals surface area contributed by atoms with Gasteiger partial charge in [-0.3, -0.25) is 4.79 Å². The smallest absolute Gasteiger partial charge is 0.263 e. The number of nitrogens with one attached hydrogen (secondary N) is 1. The van der Waals surface area contributed by atoms with Crippen LogP contribution >= 0.6 is 27.3 Å². The van der Waals surface area contributed by atoms with Gasteiger partial charge in [-0.05, 0) is 18.2 Å². The van der Waals surface area contributed by atoms with Crippen LogP contribution in [0.25, 0.3) is 10.1 Å². The Morgan fingerprint density at radius 2 is 2.33 bits per heavy atom. The topological polar surface area (TPSA) is 55.1 Å². The van der Waals surface area contributed by atoms with E-state index in [0.717, 1.165) is 14.6 Å². The van der Waals surface area contributed by atoms with Crippen molar-refractivity contribution in [1.29, 1.82) is 0 Å². The quantitative estimate of drug-likeness (QED) is 0.674. The second-order valence-corrected chi connectivity index (χ2v) is 5.66. The van der Waals surface area contributed by atoms with Crippen molar-refractivity contribution < 1.29 is 4.79 Å². The van der Waals surface area contributed by atoms with Gasteiger partial charge in [-0.15, -0.1) is 23.7 Å². The molecule has 0 radical (unpaired) electrons. The third-order valence-corrected chi connectivity index (χ3v) is 4.13. The maximum atomic E-state index is 11.9. The third-order valence-electron chi connectivity index (χ3n) is 2.45. The highest BCUT2D eigenvalue weighted by Crippen LogP contribution is 2.35. The highest BCUT2D eigenvalue weighted by molar-refractivity contribution is 9.10. The van der Waals surface area contributed by atoms with Crippen molar-refractivity contribution in [3.05, 3.63) is 27.5 Å². The number of terminal acetylenes is 1. The number of nitrogens with two attached hydrogens (primary N) is 1. The Morgan fingerprint density at radius 3 is 3.06 bits per heavy atom. The van der Waals surface area contributed by atoms with E-state index in [0.29, 0.717) is 23.5 Å². The summed E-state index contributed by atoms with van der Waals surface area (Å²) in [5.74, 6) is 2.31. The number of anilines is 1. The molecule has 1 amide bonds. The van der Waals surface area contributed by atoms with E-state index in [1.165, 1.54) is 11.3 Å². The van der Waals surface area contributed by atoms with E-state index in [4.69, 9.17) is 12.2 Å². The molecule has 5 heteroatoms. The molecule has 0 fully saturated rings. The van der Waals surface area contributed by atoms with Gasteiger partial charge in [0.15, 0.2) is 0 Å². The molecule has 1 aromatic carbocycles. The van der Waals surface area contributed by atoms with Crippen LogP contribution in [0.1, 0.15) is 16.1 Å². The van der Waals surface area contributed by atoms with E-state index in [2.05, 4.69) is 27.2 Å². The Morgan fingerprint density at radius 1 is 1.56 bits per heavy atom. The number of carbonyl (C=O) groups is 1. The van der Waals surface area contributed by atoms with E-state index in [-0.39, 0.29) is 5.91 Å². The molecule has 0 saturated heterocycles. The number of rotatable bonds is 3. The number of nitrogen functional groups attached to an aromatic ring is 1. The number of carbonyl (C=O) groups excluding carboxylic acids is 1. The molecule has 0 bridgehead atoms. The summed E-state index contributed by atoms with van der Waals surface area (Å²) in [6, 6.07) is 5.79. The summed E-state index contributed by atoms with van der Waals surface area (Å²) in [7, 11) is 0. The standard InChI is InChI=1S/C13H11BrN2OS/c1-2-3-6-16-13(17)12-11(15)9-7-8(14)4-5-10(9)18-12/h1,4-5,7H,3,6,15H2,(H,16,17). The van der Waals surface area contributed by atoms with Gasteiger partial charge < -0.3 is 11.1 Å². The molecule has 1 heterocycles. The minimum atomic E-state index is -0.167. The van der Waals surface area contributed by atoms with Crippen molar-refractivity contribution in [2.75, 3.05) is 12.3 Å². The lowest BCUT2D eigenvalue weighted by atomic mass is 10.2. The van der Waals surface area contributed by atoms with Crippen molar-refractivity contribution in [3.63, 3.8) is 0 Å². The van der Waals surface area contributed by atoms with Crippen LogP contribution in [0.3, 0.4) is 0 Å². The van der Waals surface area contributed by atoms with Gasteiger partial charge in [-0.25, -0.2) is 0 Å². The fourth-order valence-electron chi connectivity index (χ4n) is 1.59. The van der Waals surface area contributed by atoms with E-state index in [9.17, 15) is 4.79 Å². The molecule has 0 spiro atoms. The molecule has 0 atom stereocenters. The van der Waals surface area contributed by atoms with Crippen LogP contribution in [0.4, 0.5) is 5.69 Å². The van der Waals surface area contributed by atoms with E-state index < -0.39 is 0 Å². The van der Waals surface area contributed by atoms with Gasteiger partial charge in [0, 0.05) is 27.5 Å². The average Bonchev–Trinajstić information content (AvgIpc) is 2.67. The highest BCUT2D eigenvalue weighted by atomic mass is 79.9. The van der Waals surface area contributed by atoms with Gasteiger partial charge in [0.25, 0.3) is 5.91 Å². The molecule has 0 aliphatic carbocycles. The largest absolute Gasteiger partial charge is 0.397 e. The first-order valence-electron chi connectivity index (χ1n) is 5.32. The highest BCUT2D eigenvalue weighted by Gasteiger charge is 2.15. The van der Waals surface area contributed by atoms with Crippen molar-refractivity contribution in [1.82, 2.24) is 5.32 Å². The van der Waals surface area contributed by atoms with Gasteiger partial charge in [-0.2, -0.15) is 0 Å². The fraction of sp³-hybridized carbons (Fsp3) is 0.154. The second kappa shape index (κ2) is 5.42. The molecule has 2 aromatic rings. The van der Waals surface area contributed by atoms with Crippen LogP contribution < -0.4 is 11.1 Å². The molecule has 0 unspecified atom stereocenters. The predicted molar refractivity (Wildman–Crippen MR) is 79.7 cm³/mol. The summed E-state index contributed by atoms with van der Waals surface area (Å²) in [4.78, 5) is 12.5. The summed E-state index contributed by atoms with van der Waals surface area (Å²) >= 11 is 4.78. The van der Waals surface area contributed by atoms with Gasteiger partial charge >= 0.3 is 0 Å². The summed E-state index contributed by atoms with van der Waals surface area (Å²) in [6.45, 7) is 0.465. The number of thiophene rings is 1. The minimum Gasteiger partial charge on any atom is -0.397 e. The molecule has 3 N–H and O–H groups in total. The third kappa shape index (κ3) is 2.50. The normalized spacial score (nSPS) is 10.2. The first kappa shape index (κ1) is 12.9. The zero-order chi connectivity index (χ0) is 13.1. The van der Waals surface area contributed by atoms with Gasteiger partial charge in [0.05, 0.1) is 5.69 Å². The summed E-state index contributed by atoms with van der Waals surface area (Å²) < 4.78 is 1.94. The van der Waals surface area contributed by atoms with E-state index >= 15 is 0 Å². The Hall–Kier alpha value is -1.51. The van der Waals surface area contributed by atoms with Crippen LogP contribution in [0.2, 0.25) is 0 Å². The molecular formula is C13H11BrN2OS. The summed E-state index contributed by atoms with van der Waals surface area (Å²) in [5.41, 5.74) is 6.52. The van der Waals surface area contributed by atoms with Crippen LogP contribution in [0.15, 0.2) is 22.7 Å². The van der Waals surface area contributed by atoms with Crippen molar-refractivity contribution in [2.45, 2.75) is 6.42 Å². The first-order valence-corrected chi connectivity index (χ1v) is 6.93. The number of fused-ring (bicyclic) bond motifs is 1. The van der Waals surface area contributed by atoms with E-state index in [1.54, 1.807) is 0 Å². The molecule has 0 aliphatic rings. The number of amides is 1. The molecule has 3 nitrogen and oxygen atoms in total. The summed E-state index contributed by atoms with van der Waals surface area (Å²) in [6.07, 6.45) is 5.65. The maximum Gasteiger partial charge on any atom is 0.263 e. The maximum absolute atomic E-state index is 11.9. The van der Waals surface area contributed by atoms with Crippen LogP contribution in [-0.4, -0.2) is 12.5 Å². The van der Waals surface area contributed by atoms with Crippen molar-refractivity contribution in [3.8, 4) is 12.3 Å². The monoisotopic (exact) mass is 322 g/mol. The molecule has 92 valence electrons. The Bertz CT molecular complexity index is 642. The zero-order valence-electron chi connectivity index (χ0n) is 9.50. The van der Waals surface area contributed by atoms with Gasteiger partial charge in [0.1, 0.15) is 4.88 Å². The second-order valence-electron chi connectivity index (χ2n) is 3.70. The van der Waals surface area contributed by atoms with Crippen molar-refractivity contribution >= 4 is 48.9 Å². The Labute approximate surface area is 117 Å². The number of benzene rings is 1. The molecule has 18 heavy (non-hydrogen) atoms. The lowest BCUT2D eigenvalue weighted by Gasteiger charge is -2.01. The molecular weight excluding hydrogens is 312 g/mol. The van der Waals surface area contributed by atoms with Gasteiger partial charge in [-0.1, -0.05) is 15.9 Å². The van der Waals surface area contributed by atoms with Gasteiger partial charge in [0.2, 0.25) is 0 Å². The fourth-order valence-corrected chi connectivity index (χ4v) is 2.97. The Balaban J connectivity index is 2.31. The lowest BCUT2D eigenvalue weighted by Crippen LogP contribution is -2.23. The number of hydrogen-bond acceptors (Lipinski definition) is 3. The Kier molecular flexibility index (Phi) is 3.90. The van der Waals surface area contributed by atoms with Crippen LogP contribution in [-0.2, 0) is 0 Å². The molecule has 0 aliphatic heterocycles. The molecule has 0 saturated carbocycles. The molecule has 1 aromatic heterocycles. The van der Waals surface area contributed by atoms with E-state index in [1.807, 2.05) is 18.2 Å². The number of hydrogen-bond donors (Lipinski definition) is 2.